The van der Waals surface area contributed by atoms with E-state index >= 15 is 0 Å². The van der Waals surface area contributed by atoms with Crippen LogP contribution in [0.4, 0.5) is 5.82 Å². The molecule has 0 radical (unpaired) electrons. The summed E-state index contributed by atoms with van der Waals surface area (Å²) in [4.78, 5) is 25.0. The van der Waals surface area contributed by atoms with Gasteiger partial charge in [-0.3, -0.25) is 9.78 Å². The predicted molar refractivity (Wildman–Crippen MR) is 95.5 cm³/mol. The molecule has 0 saturated carbocycles. The molecule has 124 valence electrons. The summed E-state index contributed by atoms with van der Waals surface area (Å²) in [5, 5.41) is 0. The van der Waals surface area contributed by atoms with Crippen molar-refractivity contribution in [2.75, 3.05) is 25.5 Å². The molecule has 1 amide bonds. The highest BCUT2D eigenvalue weighted by Gasteiger charge is 2.29. The molecule has 5 nitrogen and oxygen atoms in total. The van der Waals surface area contributed by atoms with Gasteiger partial charge in [0.2, 0.25) is 5.91 Å². The lowest BCUT2D eigenvalue weighted by molar-refractivity contribution is -0.126. The Morgan fingerprint density at radius 1 is 1.33 bits per heavy atom. The first-order valence-corrected chi connectivity index (χ1v) is 8.17. The van der Waals surface area contributed by atoms with Crippen molar-refractivity contribution in [1.82, 2.24) is 14.9 Å². The van der Waals surface area contributed by atoms with Gasteiger partial charge in [0, 0.05) is 45.3 Å². The van der Waals surface area contributed by atoms with Crippen LogP contribution >= 0.6 is 0 Å². The Labute approximate surface area is 142 Å². The van der Waals surface area contributed by atoms with Crippen molar-refractivity contribution >= 4 is 17.8 Å². The van der Waals surface area contributed by atoms with Gasteiger partial charge in [-0.05, 0) is 48.2 Å². The number of amides is 1. The van der Waals surface area contributed by atoms with E-state index in [1.165, 1.54) is 0 Å². The normalized spacial score (nSPS) is 17.4. The van der Waals surface area contributed by atoms with Crippen molar-refractivity contribution in [3.63, 3.8) is 0 Å². The molecule has 24 heavy (non-hydrogen) atoms. The zero-order valence-corrected chi connectivity index (χ0v) is 14.1. The average Bonchev–Trinajstić information content (AvgIpc) is 3.10. The Hall–Kier alpha value is -2.69. The van der Waals surface area contributed by atoms with Crippen LogP contribution in [0.3, 0.4) is 0 Å². The van der Waals surface area contributed by atoms with Gasteiger partial charge in [-0.2, -0.15) is 0 Å². The molecular weight excluding hydrogens is 300 g/mol. The van der Waals surface area contributed by atoms with Gasteiger partial charge in [-0.15, -0.1) is 0 Å². The summed E-state index contributed by atoms with van der Waals surface area (Å²) < 4.78 is 0. The molecule has 1 fully saturated rings. The molecule has 2 aromatic rings. The maximum Gasteiger partial charge on any atom is 0.247 e. The van der Waals surface area contributed by atoms with Crippen molar-refractivity contribution in [3.8, 4) is 0 Å². The number of hydrogen-bond acceptors (Lipinski definition) is 4. The molecule has 1 aliphatic rings. The third-order valence-corrected chi connectivity index (χ3v) is 4.25. The molecule has 3 heterocycles. The average molecular weight is 322 g/mol. The number of anilines is 1. The van der Waals surface area contributed by atoms with Gasteiger partial charge < -0.3 is 9.80 Å². The number of likely N-dealkylation sites (tertiary alicyclic amines) is 1. The molecule has 1 aliphatic heterocycles. The fourth-order valence-electron chi connectivity index (χ4n) is 3.00. The molecule has 3 rings (SSSR count). The highest BCUT2D eigenvalue weighted by molar-refractivity contribution is 5.92. The van der Waals surface area contributed by atoms with Crippen LogP contribution in [0.1, 0.15) is 30.0 Å². The first-order chi connectivity index (χ1) is 11.6. The molecule has 1 atom stereocenters. The van der Waals surface area contributed by atoms with Gasteiger partial charge >= 0.3 is 0 Å². The van der Waals surface area contributed by atoms with E-state index in [0.29, 0.717) is 0 Å². The molecule has 0 bridgehead atoms. The minimum absolute atomic E-state index is 0.0459. The first kappa shape index (κ1) is 16.2. The summed E-state index contributed by atoms with van der Waals surface area (Å²) in [6.07, 6.45) is 10.8. The van der Waals surface area contributed by atoms with Crippen LogP contribution in [0.15, 0.2) is 48.9 Å². The van der Waals surface area contributed by atoms with Crippen molar-refractivity contribution in [2.45, 2.75) is 18.9 Å². The standard InChI is InChI=1S/C19H22N4O/c1-22(2)18-13-16(9-11-21-18)17-6-4-12-23(17)19(24)8-7-15-5-3-10-20-14-15/h3,5,7-11,13-14,17H,4,6,12H2,1-2H3/b8-7+/t17-/m1/s1. The van der Waals surface area contributed by atoms with Crippen LogP contribution < -0.4 is 4.90 Å². The number of carbonyl (C=O) groups is 1. The van der Waals surface area contributed by atoms with Gasteiger partial charge in [0.25, 0.3) is 0 Å². The van der Waals surface area contributed by atoms with Gasteiger partial charge in [-0.25, -0.2) is 4.98 Å². The summed E-state index contributed by atoms with van der Waals surface area (Å²) in [5.74, 6) is 0.960. The summed E-state index contributed by atoms with van der Waals surface area (Å²) in [6, 6.07) is 8.00. The van der Waals surface area contributed by atoms with E-state index in [2.05, 4.69) is 16.0 Å². The van der Waals surface area contributed by atoms with Gasteiger partial charge in [0.05, 0.1) is 6.04 Å². The Balaban J connectivity index is 1.76. The van der Waals surface area contributed by atoms with E-state index < -0.39 is 0 Å². The van der Waals surface area contributed by atoms with Gasteiger partial charge in [0.15, 0.2) is 0 Å². The number of carbonyl (C=O) groups excluding carboxylic acids is 1. The van der Waals surface area contributed by atoms with Crippen molar-refractivity contribution in [2.24, 2.45) is 0 Å². The number of rotatable bonds is 4. The Morgan fingerprint density at radius 2 is 2.21 bits per heavy atom. The van der Waals surface area contributed by atoms with Crippen LogP contribution in [-0.2, 0) is 4.79 Å². The van der Waals surface area contributed by atoms with Crippen LogP contribution in [-0.4, -0.2) is 41.4 Å². The minimum Gasteiger partial charge on any atom is -0.363 e. The van der Waals surface area contributed by atoms with Crippen molar-refractivity contribution < 1.29 is 4.79 Å². The van der Waals surface area contributed by atoms with E-state index in [9.17, 15) is 4.79 Å². The second-order valence-electron chi connectivity index (χ2n) is 6.15. The lowest BCUT2D eigenvalue weighted by atomic mass is 10.1. The largest absolute Gasteiger partial charge is 0.363 e. The quantitative estimate of drug-likeness (QED) is 0.812. The molecule has 0 N–H and O–H groups in total. The zero-order chi connectivity index (χ0) is 16.9. The zero-order valence-electron chi connectivity index (χ0n) is 14.1. The second kappa shape index (κ2) is 7.25. The van der Waals surface area contributed by atoms with Crippen LogP contribution in [0.2, 0.25) is 0 Å². The van der Waals surface area contributed by atoms with E-state index in [4.69, 9.17) is 0 Å². The van der Waals surface area contributed by atoms with Crippen LogP contribution in [0, 0.1) is 0 Å². The third-order valence-electron chi connectivity index (χ3n) is 4.25. The molecule has 0 spiro atoms. The molecule has 2 aromatic heterocycles. The molecule has 0 unspecified atom stereocenters. The lowest BCUT2D eigenvalue weighted by Crippen LogP contribution is -2.29. The van der Waals surface area contributed by atoms with Crippen LogP contribution in [0.25, 0.3) is 6.08 Å². The molecule has 1 saturated heterocycles. The Kier molecular flexibility index (Phi) is 4.89. The van der Waals surface area contributed by atoms with Gasteiger partial charge in [0.1, 0.15) is 5.82 Å². The maximum absolute atomic E-state index is 12.6. The fraction of sp³-hybridized carbons (Fsp3) is 0.316. The number of aromatic nitrogens is 2. The number of hydrogen-bond donors (Lipinski definition) is 0. The summed E-state index contributed by atoms with van der Waals surface area (Å²) >= 11 is 0. The molecule has 0 aliphatic carbocycles. The summed E-state index contributed by atoms with van der Waals surface area (Å²) in [6.45, 7) is 0.792. The monoisotopic (exact) mass is 322 g/mol. The molecular formula is C19H22N4O. The maximum atomic E-state index is 12.6. The van der Waals surface area contributed by atoms with E-state index in [1.54, 1.807) is 18.5 Å². The molecule has 0 aromatic carbocycles. The van der Waals surface area contributed by atoms with Gasteiger partial charge in [-0.1, -0.05) is 6.07 Å². The Bertz CT molecular complexity index is 727. The lowest BCUT2D eigenvalue weighted by Gasteiger charge is -2.24. The summed E-state index contributed by atoms with van der Waals surface area (Å²) in [5.41, 5.74) is 2.08. The predicted octanol–water partition coefficient (Wildman–Crippen LogP) is 2.92. The number of pyridine rings is 2. The summed E-state index contributed by atoms with van der Waals surface area (Å²) in [7, 11) is 3.95. The first-order valence-electron chi connectivity index (χ1n) is 8.17. The minimum atomic E-state index is 0.0459. The van der Waals surface area contributed by atoms with E-state index in [1.807, 2.05) is 54.4 Å². The topological polar surface area (TPSA) is 49.3 Å². The second-order valence-corrected chi connectivity index (χ2v) is 6.15. The van der Waals surface area contributed by atoms with Crippen molar-refractivity contribution in [3.05, 3.63) is 60.1 Å². The fourth-order valence-corrected chi connectivity index (χ4v) is 3.00. The SMILES string of the molecule is CN(C)c1cc([C@H]2CCCN2C(=O)/C=C/c2cccnc2)ccn1. The highest BCUT2D eigenvalue weighted by Crippen LogP contribution is 2.33. The smallest absolute Gasteiger partial charge is 0.247 e. The van der Waals surface area contributed by atoms with E-state index in [-0.39, 0.29) is 11.9 Å². The number of nitrogens with zero attached hydrogens (tertiary/aromatic N) is 4. The van der Waals surface area contributed by atoms with Crippen molar-refractivity contribution in [1.29, 1.82) is 0 Å². The van der Waals surface area contributed by atoms with Crippen LogP contribution in [0.5, 0.6) is 0 Å². The van der Waals surface area contributed by atoms with E-state index in [0.717, 1.165) is 36.3 Å². The highest BCUT2D eigenvalue weighted by atomic mass is 16.2. The Morgan fingerprint density at radius 3 is 2.96 bits per heavy atom. The molecule has 5 heteroatoms. The third kappa shape index (κ3) is 3.62.